The van der Waals surface area contributed by atoms with Crippen molar-refractivity contribution in [1.82, 2.24) is 0 Å². The smallest absolute Gasteiger partial charge is 0.306 e. The quantitative estimate of drug-likeness (QED) is 0.640. The normalized spacial score (nSPS) is 20.8. The molecule has 110 valence electrons. The van der Waals surface area contributed by atoms with Crippen LogP contribution in [0.3, 0.4) is 0 Å². The Morgan fingerprint density at radius 1 is 1.45 bits per heavy atom. The molecule has 1 aromatic carbocycles. The molecule has 5 nitrogen and oxygen atoms in total. The van der Waals surface area contributed by atoms with E-state index in [0.717, 1.165) is 5.56 Å². The van der Waals surface area contributed by atoms with E-state index in [1.807, 2.05) is 13.8 Å². The third-order valence-electron chi connectivity index (χ3n) is 3.10. The standard InChI is InChI=1S/C15H20O5/c1-9(2)6-14(17)19-8-13-15(20-13)10-4-5-11(16)12(7-10)18-3/h4-5,7,9,13,15-16H,6,8H2,1-3H3/t13-,15+/m1/s1. The highest BCUT2D eigenvalue weighted by Crippen LogP contribution is 2.41. The molecule has 2 atom stereocenters. The van der Waals surface area contributed by atoms with Gasteiger partial charge in [-0.05, 0) is 23.6 Å². The minimum absolute atomic E-state index is 0.0943. The molecule has 1 aromatic rings. The van der Waals surface area contributed by atoms with E-state index < -0.39 is 0 Å². The fourth-order valence-electron chi connectivity index (χ4n) is 2.00. The van der Waals surface area contributed by atoms with Crippen molar-refractivity contribution in [2.75, 3.05) is 13.7 Å². The first-order valence-corrected chi connectivity index (χ1v) is 6.69. The fraction of sp³-hybridized carbons (Fsp3) is 0.533. The maximum absolute atomic E-state index is 11.4. The molecule has 20 heavy (non-hydrogen) atoms. The van der Waals surface area contributed by atoms with Crippen LogP contribution >= 0.6 is 0 Å². The number of epoxide rings is 1. The zero-order valence-corrected chi connectivity index (χ0v) is 12.0. The Kier molecular flexibility index (Phi) is 4.49. The lowest BCUT2D eigenvalue weighted by Crippen LogP contribution is -2.12. The average molecular weight is 280 g/mol. The van der Waals surface area contributed by atoms with Crippen LogP contribution in [0.5, 0.6) is 11.5 Å². The van der Waals surface area contributed by atoms with Crippen LogP contribution in [0.15, 0.2) is 18.2 Å². The van der Waals surface area contributed by atoms with Gasteiger partial charge in [-0.25, -0.2) is 0 Å². The Morgan fingerprint density at radius 2 is 2.20 bits per heavy atom. The zero-order valence-electron chi connectivity index (χ0n) is 12.0. The van der Waals surface area contributed by atoms with Gasteiger partial charge in [0.05, 0.1) is 7.11 Å². The van der Waals surface area contributed by atoms with Crippen molar-refractivity contribution >= 4 is 5.97 Å². The van der Waals surface area contributed by atoms with Crippen molar-refractivity contribution in [2.45, 2.75) is 32.5 Å². The van der Waals surface area contributed by atoms with Gasteiger partial charge in [0.1, 0.15) is 18.8 Å². The number of ether oxygens (including phenoxy) is 3. The van der Waals surface area contributed by atoms with Gasteiger partial charge in [-0.2, -0.15) is 0 Å². The molecule has 0 saturated carbocycles. The topological polar surface area (TPSA) is 68.3 Å². The van der Waals surface area contributed by atoms with Crippen LogP contribution in [0.2, 0.25) is 0 Å². The Hall–Kier alpha value is -1.75. The van der Waals surface area contributed by atoms with Crippen LogP contribution in [0.1, 0.15) is 31.9 Å². The monoisotopic (exact) mass is 280 g/mol. The second-order valence-corrected chi connectivity index (χ2v) is 5.31. The molecule has 1 heterocycles. The summed E-state index contributed by atoms with van der Waals surface area (Å²) in [5, 5.41) is 9.53. The molecule has 1 aliphatic rings. The number of aromatic hydroxyl groups is 1. The Morgan fingerprint density at radius 3 is 2.85 bits per heavy atom. The number of carbonyl (C=O) groups excluding carboxylic acids is 1. The van der Waals surface area contributed by atoms with E-state index in [9.17, 15) is 9.90 Å². The number of phenols is 1. The molecule has 0 spiro atoms. The van der Waals surface area contributed by atoms with Gasteiger partial charge in [-0.15, -0.1) is 0 Å². The van der Waals surface area contributed by atoms with E-state index in [-0.39, 0.29) is 30.5 Å². The first-order chi connectivity index (χ1) is 9.51. The largest absolute Gasteiger partial charge is 0.504 e. The van der Waals surface area contributed by atoms with E-state index in [0.29, 0.717) is 18.1 Å². The third kappa shape index (κ3) is 3.63. The molecule has 0 radical (unpaired) electrons. The van der Waals surface area contributed by atoms with Crippen LogP contribution in [0.4, 0.5) is 0 Å². The average Bonchev–Trinajstić information content (AvgIpc) is 3.16. The second-order valence-electron chi connectivity index (χ2n) is 5.31. The number of hydrogen-bond acceptors (Lipinski definition) is 5. The fourth-order valence-corrected chi connectivity index (χ4v) is 2.00. The molecule has 1 fully saturated rings. The summed E-state index contributed by atoms with van der Waals surface area (Å²) in [6, 6.07) is 5.08. The lowest BCUT2D eigenvalue weighted by atomic mass is 10.1. The summed E-state index contributed by atoms with van der Waals surface area (Å²) in [6.07, 6.45) is 0.210. The first-order valence-electron chi connectivity index (χ1n) is 6.69. The minimum atomic E-state index is -0.197. The van der Waals surface area contributed by atoms with Gasteiger partial charge < -0.3 is 19.3 Å². The van der Waals surface area contributed by atoms with Crippen molar-refractivity contribution in [3.8, 4) is 11.5 Å². The molecule has 2 rings (SSSR count). The summed E-state index contributed by atoms with van der Waals surface area (Å²) < 4.78 is 15.7. The maximum Gasteiger partial charge on any atom is 0.306 e. The molecule has 0 bridgehead atoms. The predicted octanol–water partition coefficient (Wildman–Crippen LogP) is 2.43. The maximum atomic E-state index is 11.4. The Bertz CT molecular complexity index is 483. The minimum Gasteiger partial charge on any atom is -0.504 e. The lowest BCUT2D eigenvalue weighted by Gasteiger charge is -2.06. The molecule has 0 unspecified atom stereocenters. The highest BCUT2D eigenvalue weighted by atomic mass is 16.6. The summed E-state index contributed by atoms with van der Waals surface area (Å²) in [6.45, 7) is 4.21. The molecule has 1 aliphatic heterocycles. The molecule has 0 amide bonds. The van der Waals surface area contributed by atoms with E-state index in [2.05, 4.69) is 0 Å². The van der Waals surface area contributed by atoms with Gasteiger partial charge in [0.25, 0.3) is 0 Å². The zero-order chi connectivity index (χ0) is 14.7. The number of benzene rings is 1. The molecule has 1 N–H and O–H groups in total. The Labute approximate surface area is 118 Å². The number of hydrogen-bond donors (Lipinski definition) is 1. The van der Waals surface area contributed by atoms with E-state index >= 15 is 0 Å². The number of carbonyl (C=O) groups is 1. The molecule has 0 aromatic heterocycles. The van der Waals surface area contributed by atoms with Crippen LogP contribution in [0.25, 0.3) is 0 Å². The number of esters is 1. The SMILES string of the molecule is COc1cc([C@@H]2O[C@@H]2COC(=O)CC(C)C)ccc1O. The van der Waals surface area contributed by atoms with Gasteiger partial charge in [0.2, 0.25) is 0 Å². The highest BCUT2D eigenvalue weighted by Gasteiger charge is 2.41. The van der Waals surface area contributed by atoms with Gasteiger partial charge >= 0.3 is 5.97 Å². The molecule has 5 heteroatoms. The van der Waals surface area contributed by atoms with E-state index in [4.69, 9.17) is 14.2 Å². The van der Waals surface area contributed by atoms with Gasteiger partial charge in [0.15, 0.2) is 11.5 Å². The van der Waals surface area contributed by atoms with Crippen molar-refractivity contribution in [2.24, 2.45) is 5.92 Å². The second kappa shape index (κ2) is 6.13. The van der Waals surface area contributed by atoms with Crippen molar-refractivity contribution in [3.05, 3.63) is 23.8 Å². The lowest BCUT2D eigenvalue weighted by molar-refractivity contribution is -0.144. The van der Waals surface area contributed by atoms with Crippen LogP contribution in [-0.2, 0) is 14.3 Å². The summed E-state index contributed by atoms with van der Waals surface area (Å²) in [7, 11) is 1.50. The van der Waals surface area contributed by atoms with Crippen molar-refractivity contribution in [3.63, 3.8) is 0 Å². The van der Waals surface area contributed by atoms with Crippen LogP contribution < -0.4 is 4.74 Å². The molecule has 1 saturated heterocycles. The first kappa shape index (κ1) is 14.7. The predicted molar refractivity (Wildman–Crippen MR) is 72.7 cm³/mol. The number of methoxy groups -OCH3 is 1. The summed E-state index contributed by atoms with van der Waals surface area (Å²) in [5.41, 5.74) is 0.907. The van der Waals surface area contributed by atoms with E-state index in [1.54, 1.807) is 18.2 Å². The van der Waals surface area contributed by atoms with Gasteiger partial charge in [-0.3, -0.25) is 4.79 Å². The summed E-state index contributed by atoms with van der Waals surface area (Å²) in [4.78, 5) is 11.4. The molecule has 0 aliphatic carbocycles. The summed E-state index contributed by atoms with van der Waals surface area (Å²) >= 11 is 0. The molecular weight excluding hydrogens is 260 g/mol. The summed E-state index contributed by atoms with van der Waals surface area (Å²) in [5.74, 6) is 0.600. The number of rotatable bonds is 6. The molecular formula is C15H20O5. The van der Waals surface area contributed by atoms with E-state index in [1.165, 1.54) is 7.11 Å². The van der Waals surface area contributed by atoms with Crippen LogP contribution in [-0.4, -0.2) is 30.9 Å². The van der Waals surface area contributed by atoms with Crippen molar-refractivity contribution < 1.29 is 24.1 Å². The highest BCUT2D eigenvalue weighted by molar-refractivity contribution is 5.69. The van der Waals surface area contributed by atoms with Crippen molar-refractivity contribution in [1.29, 1.82) is 0 Å². The van der Waals surface area contributed by atoms with Gasteiger partial charge in [-0.1, -0.05) is 19.9 Å². The van der Waals surface area contributed by atoms with Gasteiger partial charge in [0, 0.05) is 6.42 Å². The van der Waals surface area contributed by atoms with Crippen LogP contribution in [0, 0.1) is 5.92 Å². The number of phenolic OH excluding ortho intramolecular Hbond substituents is 1. The Balaban J connectivity index is 1.84. The third-order valence-corrected chi connectivity index (χ3v) is 3.10.